The van der Waals surface area contributed by atoms with Gasteiger partial charge in [-0.1, -0.05) is 11.8 Å². The molecule has 2 aliphatic rings. The summed E-state index contributed by atoms with van der Waals surface area (Å²) in [5.74, 6) is 5.91. The van der Waals surface area contributed by atoms with Crippen LogP contribution in [0.5, 0.6) is 5.75 Å². The van der Waals surface area contributed by atoms with Crippen molar-refractivity contribution in [3.05, 3.63) is 41.6 Å². The minimum absolute atomic E-state index is 0.0146. The van der Waals surface area contributed by atoms with Gasteiger partial charge in [-0.25, -0.2) is 14.4 Å². The van der Waals surface area contributed by atoms with E-state index in [0.29, 0.717) is 35.5 Å². The van der Waals surface area contributed by atoms with Crippen LogP contribution in [0.3, 0.4) is 0 Å². The second kappa shape index (κ2) is 7.39. The van der Waals surface area contributed by atoms with Gasteiger partial charge >= 0.3 is 0 Å². The fourth-order valence-corrected chi connectivity index (χ4v) is 3.87. The second-order valence-electron chi connectivity index (χ2n) is 7.48. The van der Waals surface area contributed by atoms with E-state index in [-0.39, 0.29) is 18.0 Å². The van der Waals surface area contributed by atoms with E-state index >= 15 is 0 Å². The molecule has 0 radical (unpaired) electrons. The van der Waals surface area contributed by atoms with Crippen molar-refractivity contribution in [1.82, 2.24) is 14.5 Å². The lowest BCUT2D eigenvalue weighted by Gasteiger charge is -2.28. The third-order valence-corrected chi connectivity index (χ3v) is 5.53. The maximum atomic E-state index is 14.6. The summed E-state index contributed by atoms with van der Waals surface area (Å²) >= 11 is 0. The lowest BCUT2D eigenvalue weighted by molar-refractivity contribution is -0.0159. The van der Waals surface area contributed by atoms with E-state index in [9.17, 15) is 14.6 Å². The van der Waals surface area contributed by atoms with Gasteiger partial charge in [0.1, 0.15) is 48.0 Å². The average Bonchev–Trinajstić information content (AvgIpc) is 3.28. The van der Waals surface area contributed by atoms with Gasteiger partial charge in [-0.2, -0.15) is 0 Å². The number of anilines is 2. The van der Waals surface area contributed by atoms with Gasteiger partial charge < -0.3 is 34.9 Å². The number of halogens is 1. The second-order valence-corrected chi connectivity index (χ2v) is 7.48. The molecule has 4 heterocycles. The van der Waals surface area contributed by atoms with Crippen LogP contribution in [-0.2, 0) is 4.74 Å². The topological polar surface area (TPSA) is 119 Å². The highest BCUT2D eigenvalue weighted by Crippen LogP contribution is 2.36. The maximum Gasteiger partial charge on any atom is 0.164 e. The number of rotatable bonds is 1. The number of nitrogens with two attached hydrogens (primary N) is 1. The van der Waals surface area contributed by atoms with E-state index in [1.165, 1.54) is 12.4 Å². The number of aromatic nitrogens is 3. The molecule has 0 aliphatic carbocycles. The number of ether oxygens (including phenoxy) is 2. The third-order valence-electron chi connectivity index (χ3n) is 5.53. The first-order valence-corrected chi connectivity index (χ1v) is 9.73. The molecule has 0 amide bonds. The summed E-state index contributed by atoms with van der Waals surface area (Å²) in [6, 6.07) is 3.02. The van der Waals surface area contributed by atoms with Gasteiger partial charge in [-0.15, -0.1) is 0 Å². The highest BCUT2D eigenvalue weighted by Gasteiger charge is 2.37. The van der Waals surface area contributed by atoms with Gasteiger partial charge in [0.25, 0.3) is 0 Å². The van der Waals surface area contributed by atoms with Crippen LogP contribution >= 0.6 is 0 Å². The molecule has 3 atom stereocenters. The van der Waals surface area contributed by atoms with E-state index in [1.54, 1.807) is 16.8 Å². The number of likely N-dealkylation sites (N-methyl/N-ethyl adjacent to an activating group) is 1. The molecule has 1 aromatic carbocycles. The summed E-state index contributed by atoms with van der Waals surface area (Å²) in [5, 5.41) is 20.6. The predicted octanol–water partition coefficient (Wildman–Crippen LogP) is 0.632. The predicted molar refractivity (Wildman–Crippen MR) is 110 cm³/mol. The number of hydrogen-bond donors (Lipinski definition) is 3. The van der Waals surface area contributed by atoms with Crippen molar-refractivity contribution in [2.75, 3.05) is 37.4 Å². The zero-order valence-corrected chi connectivity index (χ0v) is 16.6. The Balaban J connectivity index is 1.64. The zero-order valence-electron chi connectivity index (χ0n) is 16.6. The largest absolute Gasteiger partial charge is 0.488 e. The van der Waals surface area contributed by atoms with Crippen LogP contribution in [0.15, 0.2) is 24.7 Å². The zero-order chi connectivity index (χ0) is 21.7. The van der Waals surface area contributed by atoms with Crippen LogP contribution in [-0.4, -0.2) is 63.8 Å². The van der Waals surface area contributed by atoms with E-state index < -0.39 is 24.3 Å². The van der Waals surface area contributed by atoms with E-state index in [4.69, 9.17) is 15.2 Å². The summed E-state index contributed by atoms with van der Waals surface area (Å²) in [5.41, 5.74) is 7.80. The fraction of sp³-hybridized carbons (Fsp3) is 0.333. The molecule has 1 unspecified atom stereocenters. The van der Waals surface area contributed by atoms with E-state index in [0.717, 1.165) is 5.69 Å². The summed E-state index contributed by atoms with van der Waals surface area (Å²) in [6.45, 7) is 1.11. The first kappa shape index (κ1) is 19.6. The molecule has 5 rings (SSSR count). The molecule has 2 aliphatic heterocycles. The van der Waals surface area contributed by atoms with Crippen LogP contribution in [0.2, 0.25) is 0 Å². The van der Waals surface area contributed by atoms with Crippen LogP contribution in [0.1, 0.15) is 17.4 Å². The molecule has 1 fully saturated rings. The Morgan fingerprint density at radius 1 is 1.26 bits per heavy atom. The molecule has 31 heavy (non-hydrogen) atoms. The first-order chi connectivity index (χ1) is 15.0. The Morgan fingerprint density at radius 2 is 2.10 bits per heavy atom. The number of benzene rings is 1. The molecule has 160 valence electrons. The summed E-state index contributed by atoms with van der Waals surface area (Å²) in [7, 11) is 1.91. The summed E-state index contributed by atoms with van der Waals surface area (Å²) < 4.78 is 27.4. The number of aliphatic hydroxyl groups excluding tert-OH is 2. The number of nitrogens with zero attached hydrogens (tertiary/aromatic N) is 4. The Labute approximate surface area is 176 Å². The molecule has 3 aromatic rings. The quantitative estimate of drug-likeness (QED) is 0.486. The maximum absolute atomic E-state index is 14.6. The number of aliphatic hydroxyl groups is 2. The molecule has 4 N–H and O–H groups in total. The van der Waals surface area contributed by atoms with Crippen LogP contribution in [0.4, 0.5) is 15.9 Å². The molecule has 0 bridgehead atoms. The van der Waals surface area contributed by atoms with Gasteiger partial charge in [0.2, 0.25) is 0 Å². The Bertz CT molecular complexity index is 1230. The average molecular weight is 425 g/mol. The number of fused-ring (bicyclic) bond motifs is 2. The molecule has 1 saturated heterocycles. The smallest absolute Gasteiger partial charge is 0.164 e. The summed E-state index contributed by atoms with van der Waals surface area (Å²) in [6.07, 6.45) is -0.125. The summed E-state index contributed by atoms with van der Waals surface area (Å²) in [4.78, 5) is 10.2. The molecule has 10 heteroatoms. The normalized spacial score (nSPS) is 22.7. The van der Waals surface area contributed by atoms with Crippen molar-refractivity contribution < 1.29 is 24.1 Å². The SMILES string of the molecule is CN1CCOc2c1ccc(F)c2C#Cc1cn(C2OC[C@@H](O)[C@H]2O)c2ncnc(N)c12. The van der Waals surface area contributed by atoms with Gasteiger partial charge in [0.15, 0.2) is 12.0 Å². The van der Waals surface area contributed by atoms with Crippen molar-refractivity contribution >= 4 is 22.5 Å². The molecule has 0 spiro atoms. The third kappa shape index (κ3) is 3.14. The Kier molecular flexibility index (Phi) is 4.66. The highest BCUT2D eigenvalue weighted by atomic mass is 19.1. The van der Waals surface area contributed by atoms with Crippen molar-refractivity contribution in [3.63, 3.8) is 0 Å². The van der Waals surface area contributed by atoms with Crippen LogP contribution < -0.4 is 15.4 Å². The van der Waals surface area contributed by atoms with Crippen LogP contribution in [0.25, 0.3) is 11.0 Å². The monoisotopic (exact) mass is 425 g/mol. The van der Waals surface area contributed by atoms with E-state index in [2.05, 4.69) is 21.8 Å². The first-order valence-electron chi connectivity index (χ1n) is 9.73. The van der Waals surface area contributed by atoms with Crippen molar-refractivity contribution in [3.8, 4) is 17.6 Å². The van der Waals surface area contributed by atoms with Crippen molar-refractivity contribution in [1.29, 1.82) is 0 Å². The lowest BCUT2D eigenvalue weighted by Crippen LogP contribution is -2.29. The number of nitrogen functional groups attached to an aromatic ring is 1. The van der Waals surface area contributed by atoms with Gasteiger partial charge in [-0.05, 0) is 12.1 Å². The molecular weight excluding hydrogens is 405 g/mol. The van der Waals surface area contributed by atoms with E-state index in [1.807, 2.05) is 11.9 Å². The number of hydrogen-bond acceptors (Lipinski definition) is 8. The van der Waals surface area contributed by atoms with Crippen molar-refractivity contribution in [2.45, 2.75) is 18.4 Å². The molecule has 2 aromatic heterocycles. The fourth-order valence-electron chi connectivity index (χ4n) is 3.87. The minimum atomic E-state index is -1.14. The van der Waals surface area contributed by atoms with Crippen LogP contribution in [0, 0.1) is 17.7 Å². The molecule has 9 nitrogen and oxygen atoms in total. The highest BCUT2D eigenvalue weighted by molar-refractivity contribution is 5.92. The molecule has 0 saturated carbocycles. The van der Waals surface area contributed by atoms with Gasteiger partial charge in [0, 0.05) is 13.2 Å². The Hall–Kier alpha value is -3.39. The Morgan fingerprint density at radius 3 is 2.87 bits per heavy atom. The molecular formula is C21H20FN5O4. The minimum Gasteiger partial charge on any atom is -0.488 e. The van der Waals surface area contributed by atoms with Crippen molar-refractivity contribution in [2.24, 2.45) is 0 Å². The standard InChI is InChI=1S/C21H20FN5O4/c1-26-6-7-30-18-12(13(22)4-5-14(18)26)3-2-11-8-27(21-17(29)15(28)9-31-21)20-16(11)19(23)24-10-25-20/h4-5,8,10,15,17,21,28-29H,6-7,9H2,1H3,(H2,23,24,25)/t15-,17-,21?/m1/s1. The van der Waals surface area contributed by atoms with Gasteiger partial charge in [0.05, 0.1) is 29.8 Å². The van der Waals surface area contributed by atoms with Gasteiger partial charge in [-0.3, -0.25) is 0 Å². The lowest BCUT2D eigenvalue weighted by atomic mass is 10.1.